The zero-order valence-corrected chi connectivity index (χ0v) is 13.2. The van der Waals surface area contributed by atoms with Gasteiger partial charge in [-0.3, -0.25) is 9.48 Å². The van der Waals surface area contributed by atoms with Crippen molar-refractivity contribution in [2.75, 3.05) is 6.54 Å². The van der Waals surface area contributed by atoms with Gasteiger partial charge in [-0.2, -0.15) is 5.10 Å². The summed E-state index contributed by atoms with van der Waals surface area (Å²) in [5, 5.41) is 4.20. The van der Waals surface area contributed by atoms with Crippen molar-refractivity contribution in [3.63, 3.8) is 0 Å². The van der Waals surface area contributed by atoms with Gasteiger partial charge in [0.05, 0.1) is 12.2 Å². The van der Waals surface area contributed by atoms with Gasteiger partial charge in [-0.1, -0.05) is 12.1 Å². The molecule has 120 valence electrons. The van der Waals surface area contributed by atoms with Gasteiger partial charge in [0.2, 0.25) is 5.91 Å². The van der Waals surface area contributed by atoms with E-state index in [1.807, 2.05) is 24.3 Å². The third kappa shape index (κ3) is 2.64. The highest BCUT2D eigenvalue weighted by Crippen LogP contribution is 2.50. The van der Waals surface area contributed by atoms with Crippen molar-refractivity contribution in [3.8, 4) is 0 Å². The number of carbonyl (C=O) groups is 1. The number of carbonyl (C=O) groups excluding carboxylic acids is 1. The zero-order chi connectivity index (χ0) is 16.0. The quantitative estimate of drug-likeness (QED) is 0.873. The summed E-state index contributed by atoms with van der Waals surface area (Å²) in [4.78, 5) is 14.9. The van der Waals surface area contributed by atoms with Crippen LogP contribution in [0.2, 0.25) is 0 Å². The summed E-state index contributed by atoms with van der Waals surface area (Å²) in [6, 6.07) is 6.66. The van der Waals surface area contributed by atoms with Gasteiger partial charge < -0.3 is 4.90 Å². The summed E-state index contributed by atoms with van der Waals surface area (Å²) in [5.74, 6) is 0.403. The Morgan fingerprint density at radius 3 is 2.74 bits per heavy atom. The molecule has 2 aromatic rings. The first-order valence-corrected chi connectivity index (χ1v) is 8.18. The summed E-state index contributed by atoms with van der Waals surface area (Å²) in [5.41, 5.74) is 2.19. The second-order valence-corrected chi connectivity index (χ2v) is 6.64. The van der Waals surface area contributed by atoms with E-state index in [1.165, 1.54) is 12.1 Å². The Balaban J connectivity index is 1.49. The fraction of sp³-hybridized carbons (Fsp3) is 0.444. The molecule has 0 bridgehead atoms. The second-order valence-electron chi connectivity index (χ2n) is 6.64. The molecule has 1 saturated carbocycles. The van der Waals surface area contributed by atoms with Crippen molar-refractivity contribution in [3.05, 3.63) is 53.6 Å². The van der Waals surface area contributed by atoms with E-state index in [0.29, 0.717) is 5.92 Å². The summed E-state index contributed by atoms with van der Waals surface area (Å²) in [6.45, 7) is 0.803. The van der Waals surface area contributed by atoms with E-state index < -0.39 is 0 Å². The topological polar surface area (TPSA) is 38.1 Å². The molecule has 23 heavy (non-hydrogen) atoms. The van der Waals surface area contributed by atoms with Crippen LogP contribution in [0.4, 0.5) is 4.39 Å². The summed E-state index contributed by atoms with van der Waals surface area (Å²) in [7, 11) is 1.90. The van der Waals surface area contributed by atoms with Crippen molar-refractivity contribution in [1.82, 2.24) is 14.7 Å². The molecule has 1 saturated heterocycles. The van der Waals surface area contributed by atoms with Crippen LogP contribution in [0, 0.1) is 11.7 Å². The SMILES string of the molecule is Cn1cc([C@@H]2C[C@@H]2C(=O)N2CCC[C@@H]2c2ccc(F)cc2)cn1. The van der Waals surface area contributed by atoms with Crippen LogP contribution in [0.1, 0.15) is 42.3 Å². The Kier molecular flexibility index (Phi) is 3.43. The monoisotopic (exact) mass is 313 g/mol. The minimum atomic E-state index is -0.233. The van der Waals surface area contributed by atoms with Crippen LogP contribution in [0.25, 0.3) is 0 Å². The molecule has 5 heteroatoms. The molecule has 1 aromatic heterocycles. The molecule has 2 aliphatic rings. The van der Waals surface area contributed by atoms with Crippen LogP contribution in [0.15, 0.2) is 36.7 Å². The lowest BCUT2D eigenvalue weighted by molar-refractivity contribution is -0.133. The van der Waals surface area contributed by atoms with Gasteiger partial charge in [-0.15, -0.1) is 0 Å². The molecule has 4 rings (SSSR count). The number of aryl methyl sites for hydroxylation is 1. The summed E-state index contributed by atoms with van der Waals surface area (Å²) in [6.07, 6.45) is 6.75. The summed E-state index contributed by atoms with van der Waals surface area (Å²) < 4.78 is 14.9. The van der Waals surface area contributed by atoms with Crippen molar-refractivity contribution >= 4 is 5.91 Å². The number of hydrogen-bond acceptors (Lipinski definition) is 2. The van der Waals surface area contributed by atoms with Crippen molar-refractivity contribution < 1.29 is 9.18 Å². The Labute approximate surface area is 134 Å². The van der Waals surface area contributed by atoms with Crippen LogP contribution in [-0.4, -0.2) is 27.1 Å². The number of halogens is 1. The Bertz CT molecular complexity index is 724. The fourth-order valence-corrected chi connectivity index (χ4v) is 3.74. The molecule has 1 aliphatic heterocycles. The first-order valence-electron chi connectivity index (χ1n) is 8.18. The van der Waals surface area contributed by atoms with Gasteiger partial charge in [-0.05, 0) is 48.4 Å². The van der Waals surface area contributed by atoms with Gasteiger partial charge >= 0.3 is 0 Å². The molecule has 1 aliphatic carbocycles. The van der Waals surface area contributed by atoms with Crippen molar-refractivity contribution in [1.29, 1.82) is 0 Å². The van der Waals surface area contributed by atoms with Gasteiger partial charge in [0, 0.05) is 25.7 Å². The summed E-state index contributed by atoms with van der Waals surface area (Å²) >= 11 is 0. The smallest absolute Gasteiger partial charge is 0.226 e. The van der Waals surface area contributed by atoms with Gasteiger partial charge in [0.25, 0.3) is 0 Å². The highest BCUT2D eigenvalue weighted by molar-refractivity contribution is 5.83. The molecule has 3 atom stereocenters. The Morgan fingerprint density at radius 1 is 1.26 bits per heavy atom. The molecule has 2 heterocycles. The second kappa shape index (κ2) is 5.48. The van der Waals surface area contributed by atoms with E-state index in [1.54, 1.807) is 16.8 Å². The molecular formula is C18H20FN3O. The third-order valence-electron chi connectivity index (χ3n) is 5.05. The first kappa shape index (κ1) is 14.4. The number of hydrogen-bond donors (Lipinski definition) is 0. The van der Waals surface area contributed by atoms with E-state index >= 15 is 0 Å². The van der Waals surface area contributed by atoms with Gasteiger partial charge in [-0.25, -0.2) is 4.39 Å². The minimum Gasteiger partial charge on any atom is -0.335 e. The van der Waals surface area contributed by atoms with E-state index in [9.17, 15) is 9.18 Å². The number of nitrogens with zero attached hydrogens (tertiary/aromatic N) is 3. The normalized spacial score (nSPS) is 26.5. The average molecular weight is 313 g/mol. The average Bonchev–Trinajstić information content (AvgIpc) is 2.98. The van der Waals surface area contributed by atoms with Gasteiger partial charge in [0.15, 0.2) is 0 Å². The van der Waals surface area contributed by atoms with Crippen LogP contribution in [0.5, 0.6) is 0 Å². The standard InChI is InChI=1S/C18H20FN3O/c1-21-11-13(10-20-21)15-9-16(15)18(23)22-8-2-3-17(22)12-4-6-14(19)7-5-12/h4-7,10-11,15-17H,2-3,8-9H2,1H3/t15-,16-,17+/m0/s1. The number of benzene rings is 1. The molecule has 2 fully saturated rings. The molecule has 4 nitrogen and oxygen atoms in total. The van der Waals surface area contributed by atoms with Crippen LogP contribution in [0.3, 0.4) is 0 Å². The van der Waals surface area contributed by atoms with Crippen molar-refractivity contribution in [2.45, 2.75) is 31.2 Å². The van der Waals surface area contributed by atoms with Crippen LogP contribution in [-0.2, 0) is 11.8 Å². The van der Waals surface area contributed by atoms with Crippen LogP contribution < -0.4 is 0 Å². The van der Waals surface area contributed by atoms with E-state index in [0.717, 1.165) is 36.9 Å². The lowest BCUT2D eigenvalue weighted by atomic mass is 10.0. The van der Waals surface area contributed by atoms with Crippen molar-refractivity contribution in [2.24, 2.45) is 13.0 Å². The molecule has 0 N–H and O–H groups in total. The Hall–Kier alpha value is -2.17. The highest BCUT2D eigenvalue weighted by atomic mass is 19.1. The number of likely N-dealkylation sites (tertiary alicyclic amines) is 1. The fourth-order valence-electron chi connectivity index (χ4n) is 3.74. The molecule has 0 radical (unpaired) electrons. The predicted octanol–water partition coefficient (Wildman–Crippen LogP) is 3.03. The number of amides is 1. The number of rotatable bonds is 3. The van der Waals surface area contributed by atoms with E-state index in [4.69, 9.17) is 0 Å². The lowest BCUT2D eigenvalue weighted by Gasteiger charge is -2.25. The largest absolute Gasteiger partial charge is 0.335 e. The molecular weight excluding hydrogens is 293 g/mol. The van der Waals surface area contributed by atoms with E-state index in [-0.39, 0.29) is 23.7 Å². The molecule has 1 amide bonds. The highest BCUT2D eigenvalue weighted by Gasteiger charge is 2.48. The number of aromatic nitrogens is 2. The maximum atomic E-state index is 13.1. The first-order chi connectivity index (χ1) is 11.1. The zero-order valence-electron chi connectivity index (χ0n) is 13.2. The molecule has 0 spiro atoms. The molecule has 1 aromatic carbocycles. The molecule has 0 unspecified atom stereocenters. The lowest BCUT2D eigenvalue weighted by Crippen LogP contribution is -2.32. The van der Waals surface area contributed by atoms with Gasteiger partial charge in [0.1, 0.15) is 5.82 Å². The predicted molar refractivity (Wildman–Crippen MR) is 84.1 cm³/mol. The third-order valence-corrected chi connectivity index (χ3v) is 5.05. The maximum Gasteiger partial charge on any atom is 0.226 e. The van der Waals surface area contributed by atoms with Crippen LogP contribution >= 0.6 is 0 Å². The minimum absolute atomic E-state index is 0.0836. The maximum absolute atomic E-state index is 13.1. The van der Waals surface area contributed by atoms with E-state index in [2.05, 4.69) is 5.10 Å². The Morgan fingerprint density at radius 2 is 2.04 bits per heavy atom.